The maximum atomic E-state index is 8.90. The van der Waals surface area contributed by atoms with Gasteiger partial charge in [-0.2, -0.15) is 5.26 Å². The molecule has 0 saturated heterocycles. The van der Waals surface area contributed by atoms with Crippen LogP contribution in [0.5, 0.6) is 0 Å². The van der Waals surface area contributed by atoms with E-state index in [0.717, 1.165) is 23.7 Å². The second-order valence-electron chi connectivity index (χ2n) is 4.55. The van der Waals surface area contributed by atoms with Gasteiger partial charge in [0.05, 0.1) is 5.69 Å². The molecule has 3 rings (SSSR count). The number of nitrogens with one attached hydrogen (secondary N) is 1. The zero-order chi connectivity index (χ0) is 13.2. The second kappa shape index (κ2) is 4.94. The van der Waals surface area contributed by atoms with Gasteiger partial charge >= 0.3 is 0 Å². The van der Waals surface area contributed by atoms with Crippen LogP contribution in [-0.2, 0) is 12.8 Å². The lowest BCUT2D eigenvalue weighted by Gasteiger charge is -2.06. The first-order chi connectivity index (χ1) is 9.24. The van der Waals surface area contributed by atoms with Gasteiger partial charge < -0.3 is 0 Å². The summed E-state index contributed by atoms with van der Waals surface area (Å²) in [6.45, 7) is 1.85. The fraction of sp³-hybridized carbons (Fsp3) is 0.385. The number of thiazole rings is 1. The Kier molecular flexibility index (Phi) is 3.13. The first-order valence-electron chi connectivity index (χ1n) is 6.26. The average Bonchev–Trinajstić information content (AvgIpc) is 2.80. The average molecular weight is 271 g/mol. The Morgan fingerprint density at radius 2 is 2.11 bits per heavy atom. The van der Waals surface area contributed by atoms with Gasteiger partial charge in [0.25, 0.3) is 0 Å². The third kappa shape index (κ3) is 2.56. The molecule has 0 saturated carbocycles. The molecule has 0 atom stereocenters. The molecule has 0 aromatic carbocycles. The van der Waals surface area contributed by atoms with Gasteiger partial charge in [-0.15, -0.1) is 11.3 Å². The molecule has 6 heteroatoms. The summed E-state index contributed by atoms with van der Waals surface area (Å²) in [6, 6.07) is 3.70. The molecule has 0 amide bonds. The Bertz CT molecular complexity index is 632. The lowest BCUT2D eigenvalue weighted by molar-refractivity contribution is 0.682. The number of nitriles is 1. The molecule has 2 aromatic heterocycles. The molecule has 1 aliphatic rings. The Balaban J connectivity index is 1.87. The monoisotopic (exact) mass is 271 g/mol. The first-order valence-corrected chi connectivity index (χ1v) is 7.07. The van der Waals surface area contributed by atoms with Crippen molar-refractivity contribution in [1.29, 1.82) is 5.26 Å². The number of aryl methyl sites for hydroxylation is 3. The van der Waals surface area contributed by atoms with Crippen LogP contribution >= 0.6 is 11.3 Å². The Labute approximate surface area is 115 Å². The van der Waals surface area contributed by atoms with Crippen molar-refractivity contribution in [2.45, 2.75) is 32.6 Å². The molecule has 2 heterocycles. The highest BCUT2D eigenvalue weighted by molar-refractivity contribution is 7.15. The van der Waals surface area contributed by atoms with E-state index in [-0.39, 0.29) is 0 Å². The minimum Gasteiger partial charge on any atom is -0.300 e. The molecule has 19 heavy (non-hydrogen) atoms. The van der Waals surface area contributed by atoms with Gasteiger partial charge in [-0.1, -0.05) is 0 Å². The summed E-state index contributed by atoms with van der Waals surface area (Å²) in [6.07, 6.45) is 4.64. The van der Waals surface area contributed by atoms with Crippen LogP contribution in [0.15, 0.2) is 6.07 Å². The smallest absolute Gasteiger partial charge is 0.230 e. The summed E-state index contributed by atoms with van der Waals surface area (Å²) in [5.41, 5.74) is 2.35. The zero-order valence-electron chi connectivity index (χ0n) is 10.6. The maximum Gasteiger partial charge on any atom is 0.230 e. The van der Waals surface area contributed by atoms with Gasteiger partial charge in [0.1, 0.15) is 11.8 Å². The number of fused-ring (bicyclic) bond motifs is 1. The summed E-state index contributed by atoms with van der Waals surface area (Å²) >= 11 is 1.66. The van der Waals surface area contributed by atoms with Crippen LogP contribution in [0.3, 0.4) is 0 Å². The number of hydrogen-bond acceptors (Lipinski definition) is 6. The van der Waals surface area contributed by atoms with Crippen LogP contribution in [0, 0.1) is 18.3 Å². The Morgan fingerprint density at radius 3 is 2.89 bits per heavy atom. The quantitative estimate of drug-likeness (QED) is 0.909. The molecule has 0 spiro atoms. The zero-order valence-corrected chi connectivity index (χ0v) is 11.4. The topological polar surface area (TPSA) is 74.5 Å². The number of hydrogen-bond donors (Lipinski definition) is 1. The number of nitrogens with zero attached hydrogens (tertiary/aromatic N) is 4. The highest BCUT2D eigenvalue weighted by Crippen LogP contribution is 2.30. The molecular weight excluding hydrogens is 258 g/mol. The second-order valence-corrected chi connectivity index (χ2v) is 5.63. The van der Waals surface area contributed by atoms with Crippen LogP contribution < -0.4 is 5.32 Å². The van der Waals surface area contributed by atoms with E-state index in [0.29, 0.717) is 11.6 Å². The van der Waals surface area contributed by atoms with Crippen molar-refractivity contribution in [1.82, 2.24) is 15.0 Å². The molecule has 0 fully saturated rings. The molecule has 0 bridgehead atoms. The van der Waals surface area contributed by atoms with Crippen LogP contribution in [0.25, 0.3) is 0 Å². The lowest BCUT2D eigenvalue weighted by Crippen LogP contribution is -2.01. The van der Waals surface area contributed by atoms with Crippen LogP contribution in [0.4, 0.5) is 11.1 Å². The number of aromatic nitrogens is 3. The van der Waals surface area contributed by atoms with E-state index in [4.69, 9.17) is 5.26 Å². The van der Waals surface area contributed by atoms with Crippen LogP contribution in [0.2, 0.25) is 0 Å². The molecular formula is C13H13N5S. The summed E-state index contributed by atoms with van der Waals surface area (Å²) < 4.78 is 0. The van der Waals surface area contributed by atoms with Gasteiger partial charge in [-0.25, -0.2) is 15.0 Å². The normalized spacial score (nSPS) is 13.7. The third-order valence-corrected chi connectivity index (χ3v) is 4.11. The summed E-state index contributed by atoms with van der Waals surface area (Å²) in [7, 11) is 0. The molecule has 1 aliphatic carbocycles. The van der Waals surface area contributed by atoms with Crippen molar-refractivity contribution in [3.63, 3.8) is 0 Å². The highest BCUT2D eigenvalue weighted by Gasteiger charge is 2.15. The lowest BCUT2D eigenvalue weighted by atomic mass is 10.0. The van der Waals surface area contributed by atoms with E-state index in [1.807, 2.05) is 13.0 Å². The van der Waals surface area contributed by atoms with E-state index >= 15 is 0 Å². The van der Waals surface area contributed by atoms with Crippen molar-refractivity contribution in [3.05, 3.63) is 28.0 Å². The highest BCUT2D eigenvalue weighted by atomic mass is 32.1. The molecule has 1 N–H and O–H groups in total. The number of anilines is 2. The van der Waals surface area contributed by atoms with E-state index in [1.54, 1.807) is 17.4 Å². The van der Waals surface area contributed by atoms with Gasteiger partial charge in [0.15, 0.2) is 5.13 Å². The van der Waals surface area contributed by atoms with Crippen molar-refractivity contribution in [2.24, 2.45) is 0 Å². The Hall–Kier alpha value is -2.00. The summed E-state index contributed by atoms with van der Waals surface area (Å²) in [4.78, 5) is 14.4. The van der Waals surface area contributed by atoms with Crippen molar-refractivity contribution in [2.75, 3.05) is 5.32 Å². The predicted molar refractivity (Wildman–Crippen MR) is 73.5 cm³/mol. The molecule has 2 aromatic rings. The van der Waals surface area contributed by atoms with Gasteiger partial charge in [0, 0.05) is 10.6 Å². The minimum atomic E-state index is 0.372. The SMILES string of the molecule is Cc1cc(C#N)nc(Nc2nc3c(s2)CCCC3)n1. The van der Waals surface area contributed by atoms with Crippen LogP contribution in [-0.4, -0.2) is 15.0 Å². The summed E-state index contributed by atoms with van der Waals surface area (Å²) in [5.74, 6) is 0.447. The Morgan fingerprint density at radius 1 is 1.26 bits per heavy atom. The standard InChI is InChI=1S/C13H13N5S/c1-8-6-9(7-14)16-12(15-8)18-13-17-10-4-2-3-5-11(10)19-13/h6H,2-5H2,1H3,(H,15,16,17,18). The van der Waals surface area contributed by atoms with E-state index in [9.17, 15) is 0 Å². The third-order valence-electron chi connectivity index (χ3n) is 3.03. The van der Waals surface area contributed by atoms with E-state index in [2.05, 4.69) is 20.3 Å². The first kappa shape index (κ1) is 12.1. The fourth-order valence-corrected chi connectivity index (χ4v) is 3.23. The minimum absolute atomic E-state index is 0.372. The fourth-order valence-electron chi connectivity index (χ4n) is 2.18. The molecule has 96 valence electrons. The molecule has 5 nitrogen and oxygen atoms in total. The molecule has 0 aliphatic heterocycles. The molecule has 0 unspecified atom stereocenters. The van der Waals surface area contributed by atoms with Crippen molar-refractivity contribution < 1.29 is 0 Å². The van der Waals surface area contributed by atoms with Gasteiger partial charge in [-0.05, 0) is 38.7 Å². The maximum absolute atomic E-state index is 8.90. The van der Waals surface area contributed by atoms with Gasteiger partial charge in [0.2, 0.25) is 5.95 Å². The van der Waals surface area contributed by atoms with Crippen molar-refractivity contribution in [3.8, 4) is 6.07 Å². The van der Waals surface area contributed by atoms with Crippen molar-refractivity contribution >= 4 is 22.4 Å². The largest absolute Gasteiger partial charge is 0.300 e. The summed E-state index contributed by atoms with van der Waals surface area (Å²) in [5, 5.41) is 12.8. The molecule has 0 radical (unpaired) electrons. The van der Waals surface area contributed by atoms with Gasteiger partial charge in [-0.3, -0.25) is 5.32 Å². The van der Waals surface area contributed by atoms with E-state index < -0.39 is 0 Å². The van der Waals surface area contributed by atoms with E-state index in [1.165, 1.54) is 23.4 Å². The number of rotatable bonds is 2. The van der Waals surface area contributed by atoms with Crippen LogP contribution in [0.1, 0.15) is 34.8 Å². The predicted octanol–water partition coefficient (Wildman–Crippen LogP) is 2.74.